The minimum Gasteiger partial charge on any atom is -0.324 e. The van der Waals surface area contributed by atoms with Gasteiger partial charge in [-0.1, -0.05) is 60.7 Å². The number of hydrogen-bond donors (Lipinski definition) is 0. The van der Waals surface area contributed by atoms with Crippen molar-refractivity contribution in [1.82, 2.24) is 4.90 Å². The number of amides is 1. The van der Waals surface area contributed by atoms with Gasteiger partial charge in [-0.3, -0.25) is 4.79 Å². The third-order valence-electron chi connectivity index (χ3n) is 3.94. The smallest absolute Gasteiger partial charge is 0.238 e. The highest BCUT2D eigenvalue weighted by Crippen LogP contribution is 2.08. The van der Waals surface area contributed by atoms with E-state index in [0.717, 1.165) is 11.1 Å². The van der Waals surface area contributed by atoms with E-state index in [1.807, 2.05) is 66.7 Å². The maximum Gasteiger partial charge on any atom is 0.238 e. The van der Waals surface area contributed by atoms with E-state index in [4.69, 9.17) is 5.26 Å². The van der Waals surface area contributed by atoms with Gasteiger partial charge in [0.2, 0.25) is 5.91 Å². The summed E-state index contributed by atoms with van der Waals surface area (Å²) in [7, 11) is -3.51. The molecule has 0 radical (unpaired) electrons. The topological polar surface area (TPSA) is 78.2 Å². The second-order valence-electron chi connectivity index (χ2n) is 6.07. The Morgan fingerprint density at radius 1 is 0.962 bits per heavy atom. The van der Waals surface area contributed by atoms with Crippen LogP contribution in [0.1, 0.15) is 17.5 Å². The summed E-state index contributed by atoms with van der Waals surface area (Å²) in [5.41, 5.74) is 1.93. The lowest BCUT2D eigenvalue weighted by atomic mass is 10.1. The minimum absolute atomic E-state index is 0.0423. The fourth-order valence-corrected chi connectivity index (χ4v) is 3.90. The van der Waals surface area contributed by atoms with Gasteiger partial charge in [0.05, 0.1) is 11.8 Å². The summed E-state index contributed by atoms with van der Waals surface area (Å²) in [5, 5.41) is 8.94. The molecule has 6 heteroatoms. The first-order valence-electron chi connectivity index (χ1n) is 8.43. The predicted molar refractivity (Wildman–Crippen MR) is 101 cm³/mol. The molecule has 26 heavy (non-hydrogen) atoms. The van der Waals surface area contributed by atoms with Crippen LogP contribution in [0.25, 0.3) is 0 Å². The van der Waals surface area contributed by atoms with Crippen LogP contribution in [-0.4, -0.2) is 37.3 Å². The molecule has 5 nitrogen and oxygen atoms in total. The Balaban J connectivity index is 1.90. The molecular weight excluding hydrogens is 348 g/mol. The molecule has 0 saturated carbocycles. The van der Waals surface area contributed by atoms with Gasteiger partial charge >= 0.3 is 0 Å². The Labute approximate surface area is 154 Å². The number of hydrogen-bond acceptors (Lipinski definition) is 4. The maximum atomic E-state index is 12.4. The van der Waals surface area contributed by atoms with Gasteiger partial charge in [0.15, 0.2) is 9.84 Å². The highest BCUT2D eigenvalue weighted by molar-refractivity contribution is 7.92. The van der Waals surface area contributed by atoms with E-state index in [1.165, 1.54) is 4.90 Å². The van der Waals surface area contributed by atoms with Gasteiger partial charge in [-0.2, -0.15) is 5.26 Å². The molecule has 0 bridgehead atoms. The van der Waals surface area contributed by atoms with E-state index >= 15 is 0 Å². The van der Waals surface area contributed by atoms with Crippen LogP contribution in [0.2, 0.25) is 0 Å². The molecule has 0 aliphatic heterocycles. The van der Waals surface area contributed by atoms with E-state index < -0.39 is 21.5 Å². The molecule has 0 aliphatic rings. The number of carbonyl (C=O) groups excluding carboxylic acids is 1. The van der Waals surface area contributed by atoms with Gasteiger partial charge in [0.1, 0.15) is 12.3 Å². The highest BCUT2D eigenvalue weighted by atomic mass is 32.2. The van der Waals surface area contributed by atoms with Gasteiger partial charge < -0.3 is 4.90 Å². The van der Waals surface area contributed by atoms with Crippen LogP contribution < -0.4 is 0 Å². The van der Waals surface area contributed by atoms with Crippen molar-refractivity contribution >= 4 is 15.7 Å². The van der Waals surface area contributed by atoms with E-state index in [1.54, 1.807) is 0 Å². The Bertz CT molecular complexity index is 844. The number of sulfone groups is 1. The summed E-state index contributed by atoms with van der Waals surface area (Å²) in [6.07, 6.45) is 1.12. The summed E-state index contributed by atoms with van der Waals surface area (Å²) in [4.78, 5) is 13.7. The van der Waals surface area contributed by atoms with Crippen LogP contribution in [0.5, 0.6) is 0 Å². The molecule has 136 valence electrons. The van der Waals surface area contributed by atoms with Crippen molar-refractivity contribution in [3.05, 3.63) is 71.8 Å². The Morgan fingerprint density at radius 2 is 1.54 bits per heavy atom. The first-order valence-corrected chi connectivity index (χ1v) is 10.3. The normalized spacial score (nSPS) is 10.9. The molecule has 2 aromatic rings. The largest absolute Gasteiger partial charge is 0.324 e. The quantitative estimate of drug-likeness (QED) is 0.636. The predicted octanol–water partition coefficient (Wildman–Crippen LogP) is 2.59. The third kappa shape index (κ3) is 6.69. The molecule has 0 fully saturated rings. The van der Waals surface area contributed by atoms with Crippen molar-refractivity contribution in [2.24, 2.45) is 0 Å². The summed E-state index contributed by atoms with van der Waals surface area (Å²) in [6, 6.07) is 20.8. The van der Waals surface area contributed by atoms with Crippen molar-refractivity contribution in [1.29, 1.82) is 5.26 Å². The van der Waals surface area contributed by atoms with Crippen LogP contribution in [-0.2, 0) is 27.6 Å². The minimum atomic E-state index is -3.51. The van der Waals surface area contributed by atoms with Crippen molar-refractivity contribution in [3.63, 3.8) is 0 Å². The molecule has 0 aromatic heterocycles. The number of aryl methyl sites for hydroxylation is 1. The number of benzene rings is 2. The van der Waals surface area contributed by atoms with E-state index in [0.29, 0.717) is 12.8 Å². The zero-order valence-electron chi connectivity index (χ0n) is 14.5. The average Bonchev–Trinajstić information content (AvgIpc) is 2.62. The van der Waals surface area contributed by atoms with Crippen LogP contribution in [0, 0.1) is 11.3 Å². The first kappa shape index (κ1) is 19.7. The fraction of sp³-hybridized carbons (Fsp3) is 0.300. The Kier molecular flexibility index (Phi) is 7.37. The van der Waals surface area contributed by atoms with Crippen molar-refractivity contribution in [2.75, 3.05) is 18.1 Å². The fourth-order valence-electron chi connectivity index (χ4n) is 2.61. The van der Waals surface area contributed by atoms with Crippen LogP contribution in [0.4, 0.5) is 0 Å². The van der Waals surface area contributed by atoms with Gasteiger partial charge in [0.25, 0.3) is 0 Å². The van der Waals surface area contributed by atoms with Crippen LogP contribution >= 0.6 is 0 Å². The number of nitriles is 1. The van der Waals surface area contributed by atoms with Gasteiger partial charge in [0, 0.05) is 6.54 Å². The monoisotopic (exact) mass is 370 g/mol. The molecule has 0 heterocycles. The summed E-state index contributed by atoms with van der Waals surface area (Å²) < 4.78 is 24.5. The SMILES string of the molecule is N#CCN(Cc1ccccc1)C(=O)CS(=O)(=O)CCCc1ccccc1. The lowest BCUT2D eigenvalue weighted by Crippen LogP contribution is -2.36. The van der Waals surface area contributed by atoms with Gasteiger partial charge in [-0.15, -0.1) is 0 Å². The summed E-state index contributed by atoms with van der Waals surface area (Å²) in [6.45, 7) is 0.0973. The Morgan fingerprint density at radius 3 is 2.12 bits per heavy atom. The summed E-state index contributed by atoms with van der Waals surface area (Å²) in [5.74, 6) is -1.13. The number of rotatable bonds is 9. The maximum absolute atomic E-state index is 12.4. The molecule has 1 amide bonds. The second-order valence-corrected chi connectivity index (χ2v) is 8.26. The zero-order valence-corrected chi connectivity index (χ0v) is 15.4. The molecule has 2 rings (SSSR count). The zero-order chi connectivity index (χ0) is 18.8. The van der Waals surface area contributed by atoms with Crippen LogP contribution in [0.3, 0.4) is 0 Å². The lowest BCUT2D eigenvalue weighted by Gasteiger charge is -2.19. The standard InChI is InChI=1S/C20H22N2O3S/c21-13-14-22(16-19-10-5-2-6-11-19)20(23)17-26(24,25)15-7-12-18-8-3-1-4-9-18/h1-6,8-11H,7,12,14-17H2. The average molecular weight is 370 g/mol. The third-order valence-corrected chi connectivity index (χ3v) is 5.54. The van der Waals surface area contributed by atoms with Crippen molar-refractivity contribution in [2.45, 2.75) is 19.4 Å². The molecule has 0 N–H and O–H groups in total. The molecule has 0 atom stereocenters. The molecule has 0 spiro atoms. The number of carbonyl (C=O) groups is 1. The second kappa shape index (κ2) is 9.73. The molecular formula is C20H22N2O3S. The molecule has 2 aromatic carbocycles. The number of nitrogens with zero attached hydrogens (tertiary/aromatic N) is 2. The highest BCUT2D eigenvalue weighted by Gasteiger charge is 2.21. The van der Waals surface area contributed by atoms with E-state index in [-0.39, 0.29) is 18.8 Å². The first-order chi connectivity index (χ1) is 12.5. The Hall–Kier alpha value is -2.65. The van der Waals surface area contributed by atoms with Gasteiger partial charge in [-0.25, -0.2) is 8.42 Å². The molecule has 0 unspecified atom stereocenters. The van der Waals surface area contributed by atoms with Crippen LogP contribution in [0.15, 0.2) is 60.7 Å². The van der Waals surface area contributed by atoms with Gasteiger partial charge in [-0.05, 0) is 24.0 Å². The molecule has 0 saturated heterocycles. The van der Waals surface area contributed by atoms with E-state index in [9.17, 15) is 13.2 Å². The summed E-state index contributed by atoms with van der Waals surface area (Å²) >= 11 is 0. The van der Waals surface area contributed by atoms with Crippen molar-refractivity contribution < 1.29 is 13.2 Å². The van der Waals surface area contributed by atoms with E-state index in [2.05, 4.69) is 0 Å². The molecule has 0 aliphatic carbocycles. The lowest BCUT2D eigenvalue weighted by molar-refractivity contribution is -0.128. The van der Waals surface area contributed by atoms with Crippen molar-refractivity contribution in [3.8, 4) is 6.07 Å².